The number of ether oxygens (including phenoxy) is 1. The fourth-order valence-corrected chi connectivity index (χ4v) is 1.18. The van der Waals surface area contributed by atoms with Gasteiger partial charge in [-0.2, -0.15) is 0 Å². The molecule has 0 saturated carbocycles. The lowest BCUT2D eigenvalue weighted by Crippen LogP contribution is -2.13. The van der Waals surface area contributed by atoms with Crippen LogP contribution in [0, 0.1) is 0 Å². The molecule has 0 atom stereocenters. The minimum Gasteiger partial charge on any atom is -0.439 e. The van der Waals surface area contributed by atoms with E-state index in [-0.39, 0.29) is 0 Å². The second kappa shape index (κ2) is 5.79. The van der Waals surface area contributed by atoms with Crippen LogP contribution in [0.3, 0.4) is 0 Å². The molecule has 14 heavy (non-hydrogen) atoms. The fourth-order valence-electron chi connectivity index (χ4n) is 0.898. The molecule has 0 radical (unpaired) electrons. The number of nitrogens with zero attached hydrogens (tertiary/aromatic N) is 1. The molecule has 1 aromatic rings. The Morgan fingerprint density at radius 3 is 2.93 bits per heavy atom. The van der Waals surface area contributed by atoms with Gasteiger partial charge in [0.2, 0.25) is 0 Å². The predicted molar refractivity (Wildman–Crippen MR) is 62.6 cm³/mol. The van der Waals surface area contributed by atoms with Crippen molar-refractivity contribution in [3.63, 3.8) is 0 Å². The summed E-state index contributed by atoms with van der Waals surface area (Å²) in [6.45, 7) is 2.05. The number of hydrogen-bond donors (Lipinski definition) is 1. The van der Waals surface area contributed by atoms with Crippen LogP contribution in [0.5, 0.6) is 0 Å². The molecule has 0 unspecified atom stereocenters. The molecule has 1 aromatic heterocycles. The van der Waals surface area contributed by atoms with E-state index in [1.165, 1.54) is 0 Å². The first kappa shape index (κ1) is 11.2. The van der Waals surface area contributed by atoms with Crippen molar-refractivity contribution in [2.45, 2.75) is 13.3 Å². The maximum atomic E-state index is 11.0. The van der Waals surface area contributed by atoms with E-state index in [0.717, 1.165) is 12.0 Å². The van der Waals surface area contributed by atoms with E-state index in [1.807, 2.05) is 28.7 Å². The van der Waals surface area contributed by atoms with Gasteiger partial charge in [-0.3, -0.25) is 5.32 Å². The summed E-state index contributed by atoms with van der Waals surface area (Å²) in [5, 5.41) is 2.52. The standard InChI is InChI=1S/C9H11IN2O2/c1-2-7-3-4-8(11-5-7)12-9(13)14-6-10/h3-5H,2,6H2,1H3,(H,11,12,13). The monoisotopic (exact) mass is 306 g/mol. The molecule has 76 valence electrons. The molecule has 5 heteroatoms. The van der Waals surface area contributed by atoms with Gasteiger partial charge >= 0.3 is 6.09 Å². The van der Waals surface area contributed by atoms with Crippen LogP contribution in [-0.2, 0) is 11.2 Å². The third-order valence-corrected chi connectivity index (χ3v) is 1.96. The number of halogens is 1. The smallest absolute Gasteiger partial charge is 0.413 e. The number of alkyl halides is 1. The topological polar surface area (TPSA) is 51.2 Å². The molecule has 1 heterocycles. The number of pyridine rings is 1. The lowest BCUT2D eigenvalue weighted by atomic mass is 10.2. The Hall–Kier alpha value is -0.850. The van der Waals surface area contributed by atoms with Crippen LogP contribution in [0.4, 0.5) is 10.6 Å². The Morgan fingerprint density at radius 1 is 1.64 bits per heavy atom. The molecule has 0 aliphatic carbocycles. The summed E-state index contributed by atoms with van der Waals surface area (Å²) in [7, 11) is 0. The average molecular weight is 306 g/mol. The Balaban J connectivity index is 2.55. The van der Waals surface area contributed by atoms with Crippen LogP contribution in [0.2, 0.25) is 0 Å². The van der Waals surface area contributed by atoms with Crippen molar-refractivity contribution < 1.29 is 9.53 Å². The van der Waals surface area contributed by atoms with Gasteiger partial charge in [0.05, 0.1) is 0 Å². The molecule has 1 amide bonds. The summed E-state index contributed by atoms with van der Waals surface area (Å²) in [6, 6.07) is 3.68. The van der Waals surface area contributed by atoms with Gasteiger partial charge in [-0.25, -0.2) is 9.78 Å². The van der Waals surface area contributed by atoms with Crippen molar-refractivity contribution in [1.29, 1.82) is 0 Å². The molecule has 1 N–H and O–H groups in total. The van der Waals surface area contributed by atoms with Gasteiger partial charge in [0, 0.05) is 6.20 Å². The van der Waals surface area contributed by atoms with Crippen molar-refractivity contribution in [3.8, 4) is 0 Å². The molecule has 0 aliphatic heterocycles. The third kappa shape index (κ3) is 3.49. The number of amides is 1. The number of anilines is 1. The van der Waals surface area contributed by atoms with Crippen molar-refractivity contribution in [1.82, 2.24) is 4.98 Å². The molecular weight excluding hydrogens is 295 g/mol. The minimum absolute atomic E-state index is 0.330. The van der Waals surface area contributed by atoms with Gasteiger partial charge in [-0.05, 0) is 40.6 Å². The quantitative estimate of drug-likeness (QED) is 0.690. The van der Waals surface area contributed by atoms with Crippen molar-refractivity contribution in [2.24, 2.45) is 0 Å². The first-order valence-electron chi connectivity index (χ1n) is 4.21. The highest BCUT2D eigenvalue weighted by molar-refractivity contribution is 14.1. The van der Waals surface area contributed by atoms with Crippen molar-refractivity contribution in [2.75, 3.05) is 9.93 Å². The number of hydrogen-bond acceptors (Lipinski definition) is 3. The van der Waals surface area contributed by atoms with Crippen LogP contribution in [0.15, 0.2) is 18.3 Å². The Bertz CT molecular complexity index is 300. The highest BCUT2D eigenvalue weighted by Crippen LogP contribution is 2.05. The zero-order chi connectivity index (χ0) is 10.4. The van der Waals surface area contributed by atoms with E-state index < -0.39 is 6.09 Å². The van der Waals surface area contributed by atoms with E-state index in [9.17, 15) is 4.79 Å². The maximum Gasteiger partial charge on any atom is 0.413 e. The molecule has 0 spiro atoms. The van der Waals surface area contributed by atoms with Crippen LogP contribution in [-0.4, -0.2) is 15.7 Å². The van der Waals surface area contributed by atoms with Crippen LogP contribution in [0.25, 0.3) is 0 Å². The van der Waals surface area contributed by atoms with E-state index >= 15 is 0 Å². The maximum absolute atomic E-state index is 11.0. The molecule has 0 saturated heterocycles. The predicted octanol–water partition coefficient (Wildman–Crippen LogP) is 2.58. The number of rotatable bonds is 3. The highest BCUT2D eigenvalue weighted by atomic mass is 127. The summed E-state index contributed by atoms with van der Waals surface area (Å²) < 4.78 is 5.03. The third-order valence-electron chi connectivity index (χ3n) is 1.65. The summed E-state index contributed by atoms with van der Waals surface area (Å²) >= 11 is 1.95. The zero-order valence-corrected chi connectivity index (χ0v) is 9.95. The Morgan fingerprint density at radius 2 is 2.43 bits per heavy atom. The van der Waals surface area contributed by atoms with Gasteiger partial charge in [-0.1, -0.05) is 13.0 Å². The highest BCUT2D eigenvalue weighted by Gasteiger charge is 2.02. The summed E-state index contributed by atoms with van der Waals surface area (Å²) in [4.78, 5) is 15.0. The number of aryl methyl sites for hydroxylation is 1. The molecule has 0 aliphatic rings. The zero-order valence-electron chi connectivity index (χ0n) is 7.79. The van der Waals surface area contributed by atoms with Crippen LogP contribution < -0.4 is 5.32 Å². The van der Waals surface area contributed by atoms with Gasteiger partial charge in [0.25, 0.3) is 0 Å². The first-order chi connectivity index (χ1) is 6.76. The Kier molecular flexibility index (Phi) is 4.64. The lowest BCUT2D eigenvalue weighted by molar-refractivity contribution is 0.184. The second-order valence-corrected chi connectivity index (χ2v) is 3.19. The van der Waals surface area contributed by atoms with Crippen LogP contribution >= 0.6 is 22.6 Å². The fraction of sp³-hybridized carbons (Fsp3) is 0.333. The van der Waals surface area contributed by atoms with Crippen LogP contribution in [0.1, 0.15) is 12.5 Å². The average Bonchev–Trinajstić information content (AvgIpc) is 2.19. The Labute approximate surface area is 96.2 Å². The normalized spacial score (nSPS) is 9.57. The molecular formula is C9H11IN2O2. The first-order valence-corrected chi connectivity index (χ1v) is 5.73. The molecule has 0 fully saturated rings. The van der Waals surface area contributed by atoms with E-state index in [1.54, 1.807) is 12.3 Å². The van der Waals surface area contributed by atoms with E-state index in [0.29, 0.717) is 10.4 Å². The summed E-state index contributed by atoms with van der Waals surface area (Å²) in [5.41, 5.74) is 1.14. The summed E-state index contributed by atoms with van der Waals surface area (Å²) in [5.74, 6) is 0.511. The SMILES string of the molecule is CCc1ccc(NC(=O)OCI)nc1. The molecule has 1 rings (SSSR count). The van der Waals surface area contributed by atoms with Gasteiger partial charge in [-0.15, -0.1) is 0 Å². The molecule has 4 nitrogen and oxygen atoms in total. The van der Waals surface area contributed by atoms with Gasteiger partial charge < -0.3 is 4.74 Å². The van der Waals surface area contributed by atoms with E-state index in [4.69, 9.17) is 4.74 Å². The lowest BCUT2D eigenvalue weighted by Gasteiger charge is -2.03. The van der Waals surface area contributed by atoms with Crippen molar-refractivity contribution in [3.05, 3.63) is 23.9 Å². The molecule has 0 aromatic carbocycles. The second-order valence-electron chi connectivity index (χ2n) is 2.57. The van der Waals surface area contributed by atoms with Gasteiger partial charge in [0.15, 0.2) is 0 Å². The molecule has 0 bridgehead atoms. The van der Waals surface area contributed by atoms with Crippen molar-refractivity contribution >= 4 is 34.5 Å². The number of aromatic nitrogens is 1. The summed E-state index contributed by atoms with van der Waals surface area (Å²) in [6.07, 6.45) is 2.20. The number of carbonyl (C=O) groups excluding carboxylic acids is 1. The van der Waals surface area contributed by atoms with E-state index in [2.05, 4.69) is 17.2 Å². The largest absolute Gasteiger partial charge is 0.439 e. The number of nitrogens with one attached hydrogen (secondary N) is 1. The number of carbonyl (C=O) groups is 1. The minimum atomic E-state index is -0.476. The van der Waals surface area contributed by atoms with Gasteiger partial charge in [0.1, 0.15) is 10.4 Å².